The normalized spacial score (nSPS) is 10.8. The molecule has 1 aromatic heterocycles. The third-order valence-electron chi connectivity index (χ3n) is 3.54. The highest BCUT2D eigenvalue weighted by molar-refractivity contribution is 9.10. The molecule has 0 fully saturated rings. The Labute approximate surface area is 173 Å². The first-order valence-corrected chi connectivity index (χ1v) is 9.51. The van der Waals surface area contributed by atoms with Gasteiger partial charge in [0, 0.05) is 16.2 Å². The molecule has 0 aliphatic heterocycles. The van der Waals surface area contributed by atoms with Crippen molar-refractivity contribution < 1.29 is 9.53 Å². The molecule has 0 saturated heterocycles. The third-order valence-corrected chi connectivity index (χ3v) is 4.96. The van der Waals surface area contributed by atoms with Gasteiger partial charge in [0.2, 0.25) is 0 Å². The molecule has 0 saturated carbocycles. The van der Waals surface area contributed by atoms with Crippen LogP contribution in [0, 0.1) is 0 Å². The van der Waals surface area contributed by atoms with Gasteiger partial charge >= 0.3 is 5.97 Å². The fraction of sp³-hybridized carbons (Fsp3) is 0.111. The van der Waals surface area contributed by atoms with Crippen LogP contribution in [0.4, 0.5) is 0 Å². The van der Waals surface area contributed by atoms with Crippen LogP contribution in [0.25, 0.3) is 17.1 Å². The second-order valence-corrected chi connectivity index (χ2v) is 7.37. The zero-order valence-electron chi connectivity index (χ0n) is 13.5. The van der Waals surface area contributed by atoms with Crippen LogP contribution >= 0.6 is 50.7 Å². The van der Waals surface area contributed by atoms with E-state index in [9.17, 15) is 4.79 Å². The molecule has 3 aromatic rings. The van der Waals surface area contributed by atoms with Crippen molar-refractivity contribution in [3.8, 4) is 17.1 Å². The SMILES string of the molecule is CCOC(=O)c1cn(-c2c(Cl)cccc2Cl)c(-c2ccc(Br)cc2Cl)n1. The van der Waals surface area contributed by atoms with Crippen LogP contribution in [0.5, 0.6) is 0 Å². The van der Waals surface area contributed by atoms with Gasteiger partial charge in [-0.05, 0) is 37.3 Å². The first-order valence-electron chi connectivity index (χ1n) is 7.58. The number of rotatable bonds is 4. The molecular formula is C18H12BrCl3N2O2. The summed E-state index contributed by atoms with van der Waals surface area (Å²) < 4.78 is 7.53. The molecule has 2 aromatic carbocycles. The lowest BCUT2D eigenvalue weighted by molar-refractivity contribution is 0.0520. The van der Waals surface area contributed by atoms with Crippen LogP contribution in [-0.2, 0) is 4.74 Å². The predicted molar refractivity (Wildman–Crippen MR) is 108 cm³/mol. The van der Waals surface area contributed by atoms with Crippen molar-refractivity contribution in [2.24, 2.45) is 0 Å². The van der Waals surface area contributed by atoms with Gasteiger partial charge in [0.05, 0.1) is 27.4 Å². The Morgan fingerprint density at radius 1 is 1.15 bits per heavy atom. The van der Waals surface area contributed by atoms with Gasteiger partial charge in [-0.25, -0.2) is 9.78 Å². The van der Waals surface area contributed by atoms with E-state index in [4.69, 9.17) is 39.5 Å². The van der Waals surface area contributed by atoms with Crippen LogP contribution in [0.3, 0.4) is 0 Å². The Morgan fingerprint density at radius 3 is 2.46 bits per heavy atom. The van der Waals surface area contributed by atoms with E-state index in [0.29, 0.717) is 32.1 Å². The second kappa shape index (κ2) is 8.01. The molecule has 0 unspecified atom stereocenters. The Kier molecular flexibility index (Phi) is 5.92. The number of imidazole rings is 1. The summed E-state index contributed by atoms with van der Waals surface area (Å²) in [6, 6.07) is 10.5. The number of carbonyl (C=O) groups is 1. The molecule has 0 spiro atoms. The Bertz CT molecular complexity index is 968. The van der Waals surface area contributed by atoms with Crippen molar-refractivity contribution in [2.45, 2.75) is 6.92 Å². The largest absolute Gasteiger partial charge is 0.461 e. The van der Waals surface area contributed by atoms with E-state index < -0.39 is 5.97 Å². The molecule has 0 N–H and O–H groups in total. The molecule has 0 aliphatic rings. The summed E-state index contributed by atoms with van der Waals surface area (Å²) >= 11 is 22.5. The molecule has 0 amide bonds. The number of nitrogens with zero attached hydrogens (tertiary/aromatic N) is 2. The Hall–Kier alpha value is -1.53. The van der Waals surface area contributed by atoms with Crippen LogP contribution in [0.2, 0.25) is 15.1 Å². The lowest BCUT2D eigenvalue weighted by Crippen LogP contribution is -2.04. The van der Waals surface area contributed by atoms with E-state index in [-0.39, 0.29) is 12.3 Å². The maximum absolute atomic E-state index is 12.2. The Morgan fingerprint density at radius 2 is 1.85 bits per heavy atom. The zero-order valence-corrected chi connectivity index (χ0v) is 17.3. The fourth-order valence-electron chi connectivity index (χ4n) is 2.43. The molecule has 26 heavy (non-hydrogen) atoms. The van der Waals surface area contributed by atoms with Crippen molar-refractivity contribution in [1.29, 1.82) is 0 Å². The number of benzene rings is 2. The topological polar surface area (TPSA) is 44.1 Å². The standard InChI is InChI=1S/C18H12BrCl3N2O2/c1-2-26-18(25)15-9-24(16-12(20)4-3-5-13(16)21)17(23-15)11-7-6-10(19)8-14(11)22/h3-9H,2H2,1H3. The number of carbonyl (C=O) groups excluding carboxylic acids is 1. The van der Waals surface area contributed by atoms with Gasteiger partial charge in [-0.1, -0.05) is 56.8 Å². The van der Waals surface area contributed by atoms with Crippen LogP contribution in [0.15, 0.2) is 47.1 Å². The molecule has 134 valence electrons. The smallest absolute Gasteiger partial charge is 0.358 e. The summed E-state index contributed by atoms with van der Waals surface area (Å²) in [5.41, 5.74) is 1.27. The second-order valence-electron chi connectivity index (χ2n) is 5.23. The monoisotopic (exact) mass is 472 g/mol. The van der Waals surface area contributed by atoms with Gasteiger partial charge < -0.3 is 4.74 Å². The van der Waals surface area contributed by atoms with E-state index in [1.54, 1.807) is 48.0 Å². The van der Waals surface area contributed by atoms with Crippen molar-refractivity contribution >= 4 is 56.7 Å². The van der Waals surface area contributed by atoms with E-state index in [0.717, 1.165) is 4.47 Å². The molecule has 0 atom stereocenters. The highest BCUT2D eigenvalue weighted by Crippen LogP contribution is 2.36. The van der Waals surface area contributed by atoms with Gasteiger partial charge in [-0.3, -0.25) is 4.57 Å². The van der Waals surface area contributed by atoms with Crippen molar-refractivity contribution in [1.82, 2.24) is 9.55 Å². The average molecular weight is 475 g/mol. The summed E-state index contributed by atoms with van der Waals surface area (Å²) in [4.78, 5) is 16.6. The van der Waals surface area contributed by atoms with Gasteiger partial charge in [0.15, 0.2) is 5.69 Å². The zero-order chi connectivity index (χ0) is 18.8. The first-order chi connectivity index (χ1) is 12.4. The van der Waals surface area contributed by atoms with Crippen LogP contribution in [0.1, 0.15) is 17.4 Å². The summed E-state index contributed by atoms with van der Waals surface area (Å²) in [7, 11) is 0. The van der Waals surface area contributed by atoms with E-state index >= 15 is 0 Å². The number of para-hydroxylation sites is 1. The molecule has 0 aliphatic carbocycles. The number of esters is 1. The average Bonchev–Trinajstić information content (AvgIpc) is 3.00. The summed E-state index contributed by atoms with van der Waals surface area (Å²) in [6.45, 7) is 1.97. The van der Waals surface area contributed by atoms with E-state index in [1.807, 2.05) is 6.07 Å². The summed E-state index contributed by atoms with van der Waals surface area (Å²) in [5, 5.41) is 1.30. The molecule has 3 rings (SSSR count). The number of hydrogen-bond acceptors (Lipinski definition) is 3. The molecule has 8 heteroatoms. The van der Waals surface area contributed by atoms with Gasteiger partial charge in [-0.2, -0.15) is 0 Å². The quantitative estimate of drug-likeness (QED) is 0.409. The van der Waals surface area contributed by atoms with Crippen molar-refractivity contribution in [3.63, 3.8) is 0 Å². The fourth-order valence-corrected chi connectivity index (χ4v) is 3.77. The minimum absolute atomic E-state index is 0.136. The minimum atomic E-state index is -0.538. The maximum Gasteiger partial charge on any atom is 0.358 e. The minimum Gasteiger partial charge on any atom is -0.461 e. The molecule has 4 nitrogen and oxygen atoms in total. The van der Waals surface area contributed by atoms with Crippen molar-refractivity contribution in [3.05, 3.63) is 67.8 Å². The number of halogens is 4. The molecule has 1 heterocycles. The lowest BCUT2D eigenvalue weighted by Gasteiger charge is -2.12. The van der Waals surface area contributed by atoms with Gasteiger partial charge in [-0.15, -0.1) is 0 Å². The summed E-state index contributed by atoms with van der Waals surface area (Å²) in [6.07, 6.45) is 1.54. The van der Waals surface area contributed by atoms with E-state index in [1.165, 1.54) is 0 Å². The first kappa shape index (κ1) is 19.2. The van der Waals surface area contributed by atoms with Crippen LogP contribution in [-0.4, -0.2) is 22.1 Å². The number of hydrogen-bond donors (Lipinski definition) is 0. The third kappa shape index (κ3) is 3.76. The van der Waals surface area contributed by atoms with E-state index in [2.05, 4.69) is 20.9 Å². The number of ether oxygens (including phenoxy) is 1. The highest BCUT2D eigenvalue weighted by Gasteiger charge is 2.21. The molecular weight excluding hydrogens is 462 g/mol. The number of aromatic nitrogens is 2. The molecule has 0 radical (unpaired) electrons. The Balaban J connectivity index is 2.27. The highest BCUT2D eigenvalue weighted by atomic mass is 79.9. The lowest BCUT2D eigenvalue weighted by atomic mass is 10.2. The van der Waals surface area contributed by atoms with Gasteiger partial charge in [0.1, 0.15) is 5.82 Å². The van der Waals surface area contributed by atoms with Crippen molar-refractivity contribution in [2.75, 3.05) is 6.61 Å². The van der Waals surface area contributed by atoms with Crippen LogP contribution < -0.4 is 0 Å². The van der Waals surface area contributed by atoms with Gasteiger partial charge in [0.25, 0.3) is 0 Å². The maximum atomic E-state index is 12.2. The summed E-state index contributed by atoms with van der Waals surface area (Å²) in [5.74, 6) is -0.107. The predicted octanol–water partition coefficient (Wildman–Crippen LogP) is 6.44. The molecule has 0 bridgehead atoms.